The third-order valence-electron chi connectivity index (χ3n) is 20.3. The standard InChI is InChI=1S/C46H42B40N4O12.Co/c1-15-19(5-7-31(91)92)25-12-26-20(6-8-32(93)94)16(2)22(88-26)10-27-34(30(102-46(98)86(42-61-81-82-62-42)66-38-53-73-74-54-38)14-100-44(96)84(40-57-77-78-58-40)64-36-49-69-70-50-36)18(4)24(90-27)11-28-33(17(3)23(89-28)9-21(15)87-25)29(101-45(97)85(41-59-79-80-60-41)65-37-51-71-72-52-37)13-99-43(95)83(39-55-75-76-56-39)63-35-47-67-68-48-35;/h9-12,29-30,35-42H,5-8,13-14H2,1-4H3,(H4,87,88,89,90,91,92,93,94);/q;+2/p-2. The molecule has 10 aliphatic heterocycles. The number of ether oxygens (including phenoxy) is 4. The van der Waals surface area contributed by atoms with Gasteiger partial charge in [-0.2, -0.15) is 0 Å². The van der Waals surface area contributed by atoms with E-state index < -0.39 is 87.2 Å². The third-order valence-corrected chi connectivity index (χ3v) is 20.3. The minimum absolute atomic E-state index is 0. The van der Waals surface area contributed by atoms with Gasteiger partial charge in [0.1, 0.15) is 13.2 Å². The van der Waals surface area contributed by atoms with E-state index in [-0.39, 0.29) is 98.8 Å². The molecule has 103 heavy (non-hydrogen) atoms. The number of hydrogen-bond donors (Lipinski definition) is 2. The van der Waals surface area contributed by atoms with E-state index in [1.807, 2.05) is 284 Å². The van der Waals surface area contributed by atoms with Gasteiger partial charge in [0.25, 0.3) is 0 Å². The molecule has 2 N–H and O–H groups in total. The van der Waals surface area contributed by atoms with Gasteiger partial charge in [0.15, 0.2) is 12.2 Å². The molecule has 13 rings (SSSR count). The van der Waals surface area contributed by atoms with Crippen LogP contribution in [-0.4, -0.2) is 364 Å². The van der Waals surface area contributed by atoms with Crippen molar-refractivity contribution in [2.75, 3.05) is 13.2 Å². The molecule has 0 aromatic carbocycles. The van der Waals surface area contributed by atoms with Crippen molar-refractivity contribution in [3.8, 4) is 0 Å². The Morgan fingerprint density at radius 2 is 0.689 bits per heavy atom. The van der Waals surface area contributed by atoms with Gasteiger partial charge in [-0.3, -0.25) is 28.8 Å². The van der Waals surface area contributed by atoms with Crippen molar-refractivity contribution in [1.29, 1.82) is 0 Å². The predicted octanol–water partition coefficient (Wildman–Crippen LogP) is -6.97. The van der Waals surface area contributed by atoms with E-state index in [2.05, 4.69) is 0 Å². The third kappa shape index (κ3) is 19.6. The van der Waals surface area contributed by atoms with E-state index in [0.717, 1.165) is 0 Å². The van der Waals surface area contributed by atoms with Crippen molar-refractivity contribution in [2.45, 2.75) is 111 Å². The van der Waals surface area contributed by atoms with Crippen LogP contribution in [0, 0.1) is 13.8 Å². The van der Waals surface area contributed by atoms with Gasteiger partial charge in [0.05, 0.1) is 51.5 Å². The molecule has 57 heteroatoms. The Morgan fingerprint density at radius 3 is 1.01 bits per heavy atom. The first kappa shape index (κ1) is 79.1. The van der Waals surface area contributed by atoms with Crippen LogP contribution in [0.25, 0.3) is 44.4 Å². The first-order valence-electron chi connectivity index (χ1n) is 34.9. The molecule has 0 amide bonds. The number of carbonyl (C=O) groups excluding carboxylic acids is 4. The first-order valence-corrected chi connectivity index (χ1v) is 34.9. The smallest absolute Gasteiger partial charge is 0.657 e. The number of carbonyl (C=O) groups is 6. The van der Waals surface area contributed by atoms with Gasteiger partial charge in [-0.05, 0) is 57.7 Å². The number of aliphatic carboxylic acids is 2. The summed E-state index contributed by atoms with van der Waals surface area (Å²) in [5, 5.41) is 20.3. The van der Waals surface area contributed by atoms with E-state index in [0.29, 0.717) is 78.0 Å². The molecule has 3 aromatic rings. The van der Waals surface area contributed by atoms with Gasteiger partial charge in [-0.25, -0.2) is 9.97 Å². The summed E-state index contributed by atoms with van der Waals surface area (Å²) in [6.07, 6.45) is -2.97. The van der Waals surface area contributed by atoms with Crippen molar-refractivity contribution < 1.29 is 74.7 Å². The molecule has 2 unspecified atom stereocenters. The van der Waals surface area contributed by atoms with Crippen molar-refractivity contribution in [1.82, 2.24) is 19.9 Å². The number of carboxylic acids is 2. The van der Waals surface area contributed by atoms with Gasteiger partial charge in [0.2, 0.25) is 49.9 Å². The van der Waals surface area contributed by atoms with E-state index in [9.17, 15) is 29.4 Å². The van der Waals surface area contributed by atoms with Crippen LogP contribution < -0.4 is 9.97 Å². The molecular formula is C46H40B40CoN4O12. The second kappa shape index (κ2) is 37.3. The summed E-state index contributed by atoms with van der Waals surface area (Å²) in [4.78, 5) is 107. The van der Waals surface area contributed by atoms with Crippen LogP contribution in [0.4, 0.5) is 19.2 Å². The average Bonchev–Trinajstić information content (AvgIpc) is 1.61. The molecule has 13 heterocycles. The van der Waals surface area contributed by atoms with Crippen LogP contribution in [-0.2, 0) is 58.2 Å². The summed E-state index contributed by atoms with van der Waals surface area (Å²) in [6, 6.07) is 7.05. The maximum Gasteiger partial charge on any atom is 2.00 e. The minimum Gasteiger partial charge on any atom is -0.657 e. The molecule has 0 saturated carbocycles. The fourth-order valence-corrected chi connectivity index (χ4v) is 14.7. The summed E-state index contributed by atoms with van der Waals surface area (Å²) in [5.41, 5.74) is 5.16. The Kier molecular flexibility index (Phi) is 28.6. The molecule has 2 atom stereocenters. The quantitative estimate of drug-likeness (QED) is 0.0467. The number of nitrogens with zero attached hydrogens (tertiary/aromatic N) is 4. The second-order valence-electron chi connectivity index (χ2n) is 26.9. The van der Waals surface area contributed by atoms with Gasteiger partial charge >= 0.3 is 28.7 Å². The largest absolute Gasteiger partial charge is 2.00 e. The maximum absolute atomic E-state index is 15.5. The average molecular weight is 1330 g/mol. The molecule has 8 fully saturated rings. The zero-order valence-corrected chi connectivity index (χ0v) is 58.6. The molecule has 16 nitrogen and oxygen atoms in total. The normalized spacial score (nSPS) is 17.7. The minimum atomic E-state index is -1.34. The maximum atomic E-state index is 15.5. The molecule has 0 aliphatic carbocycles. The number of fused-ring (bicyclic) bond motifs is 8. The van der Waals surface area contributed by atoms with Gasteiger partial charge in [-0.15, -0.1) is 67.0 Å². The zero-order chi connectivity index (χ0) is 71.0. The molecule has 445 valence electrons. The Labute approximate surface area is 645 Å². The van der Waals surface area contributed by atoms with Crippen LogP contribution in [0.2, 0.25) is 44.9 Å². The van der Waals surface area contributed by atoms with Gasteiger partial charge in [0, 0.05) is 252 Å². The van der Waals surface area contributed by atoms with Gasteiger partial charge in [-0.1, -0.05) is 40.5 Å². The summed E-state index contributed by atoms with van der Waals surface area (Å²) in [7, 11) is 69.9. The summed E-state index contributed by atoms with van der Waals surface area (Å²) in [6.45, 7) is 3.38. The van der Waals surface area contributed by atoms with Crippen molar-refractivity contribution in [2.24, 2.45) is 0 Å². The van der Waals surface area contributed by atoms with Crippen LogP contribution in [0.15, 0.2) is 24.3 Å². The molecule has 10 aliphatic rings. The molecule has 37 radical (unpaired) electrons. The van der Waals surface area contributed by atoms with E-state index in [1.54, 1.807) is 24.3 Å². The Balaban J connectivity index is 0.00001000. The Bertz CT molecular complexity index is 3830. The fourth-order valence-electron chi connectivity index (χ4n) is 14.7. The molecule has 8 saturated heterocycles. The number of hydrogen-bond acceptors (Lipinski definition) is 12. The SMILES string of the molecule is CC1=C(C(COC(=O)B([B]C2[B][B][B][B]2)C2[B][B][B][B]2)OC(=O)B([B]C2[B][B][B][B]2)C2[B][B][B][B]2)c2cc3nc(cc4[n-]c(cc5[n-]c(cc1n2)c(C)c5CCC(=O)O)c(CCC(=O)O)c4C)C(C(COC(=O)B([B]C1[B][B][B][B]1)C1[B][B][B][B]1)OC(=O)B([B]C1[B][B][B][B]1)C1[B][B][B][B]1)=C3C.[Co+2]. The monoisotopic (exact) mass is 1340 g/mol. The van der Waals surface area contributed by atoms with Crippen LogP contribution in [0.3, 0.4) is 0 Å². The Morgan fingerprint density at radius 1 is 0.408 bits per heavy atom. The molecule has 0 spiro atoms. The Hall–Kier alpha value is -3.48. The number of rotatable bonds is 30. The van der Waals surface area contributed by atoms with Crippen molar-refractivity contribution in [3.63, 3.8) is 0 Å². The summed E-state index contributed by atoms with van der Waals surface area (Å²) < 4.78 is 26.8. The number of aromatic nitrogens is 4. The number of allylic oxidation sites excluding steroid dienone is 2. The van der Waals surface area contributed by atoms with E-state index in [1.165, 1.54) is 0 Å². The summed E-state index contributed by atoms with van der Waals surface area (Å²) in [5.74, 6) is -4.32. The number of aryl methyl sites for hydroxylation is 4. The molecular weight excluding hydrogens is 1290 g/mol. The number of carboxylic acid groups (broad SMARTS) is 2. The van der Waals surface area contributed by atoms with Crippen LogP contribution >= 0.6 is 0 Å². The van der Waals surface area contributed by atoms with E-state index >= 15 is 9.59 Å². The van der Waals surface area contributed by atoms with Crippen LogP contribution in [0.5, 0.6) is 0 Å². The molecule has 3 aromatic heterocycles. The topological polar surface area (TPSA) is 234 Å². The van der Waals surface area contributed by atoms with Gasteiger partial charge < -0.3 is 39.1 Å². The van der Waals surface area contributed by atoms with Crippen molar-refractivity contribution in [3.05, 3.63) is 69.3 Å². The first-order chi connectivity index (χ1) is 49.5. The summed E-state index contributed by atoms with van der Waals surface area (Å²) >= 11 is 0. The molecule has 8 bridgehead atoms. The zero-order valence-electron chi connectivity index (χ0n) is 57.5. The van der Waals surface area contributed by atoms with Crippen LogP contribution in [0.1, 0.15) is 71.7 Å². The predicted molar refractivity (Wildman–Crippen MR) is 449 cm³/mol. The fraction of sp³-hybridized carbons (Fsp3) is 0.435. The van der Waals surface area contributed by atoms with E-state index in [4.69, 9.17) is 38.9 Å². The second-order valence-corrected chi connectivity index (χ2v) is 26.9. The van der Waals surface area contributed by atoms with Crippen molar-refractivity contribution >= 4 is 363 Å².